The number of likely N-dealkylation sites (tertiary alicyclic amines) is 1. The van der Waals surface area contributed by atoms with Gasteiger partial charge in [0.25, 0.3) is 5.91 Å². The van der Waals surface area contributed by atoms with E-state index in [-0.39, 0.29) is 17.4 Å². The van der Waals surface area contributed by atoms with Crippen molar-refractivity contribution in [1.82, 2.24) is 4.90 Å². The molecule has 1 N–H and O–H groups in total. The first kappa shape index (κ1) is 17.0. The number of carbonyl (C=O) groups is 2. The Bertz CT molecular complexity index is 815. The summed E-state index contributed by atoms with van der Waals surface area (Å²) in [6.45, 7) is 3.05. The summed E-state index contributed by atoms with van der Waals surface area (Å²) >= 11 is 0. The molecule has 1 unspecified atom stereocenters. The van der Waals surface area contributed by atoms with Crippen LogP contribution >= 0.6 is 0 Å². The predicted molar refractivity (Wildman–Crippen MR) is 94.4 cm³/mol. The van der Waals surface area contributed by atoms with Gasteiger partial charge < -0.3 is 14.7 Å². The average Bonchev–Trinajstić information content (AvgIpc) is 3.10. The molecule has 0 bridgehead atoms. The zero-order chi connectivity index (χ0) is 18.0. The number of aryl methyl sites for hydroxylation is 1. The summed E-state index contributed by atoms with van der Waals surface area (Å²) in [5.74, 6) is -0.0796. The summed E-state index contributed by atoms with van der Waals surface area (Å²) in [5.41, 5.74) is 2.45. The summed E-state index contributed by atoms with van der Waals surface area (Å²) in [5, 5.41) is 9.19. The lowest BCUT2D eigenvalue weighted by atomic mass is 9.97. The predicted octanol–water partition coefficient (Wildman–Crippen LogP) is 3.33. The average molecular weight is 339 g/mol. The van der Waals surface area contributed by atoms with Crippen LogP contribution in [-0.2, 0) is 0 Å². The highest BCUT2D eigenvalue weighted by Crippen LogP contribution is 2.34. The molecule has 0 saturated carbocycles. The molecular formula is C20H21NO4. The van der Waals surface area contributed by atoms with Crippen LogP contribution in [0.2, 0.25) is 0 Å². The third-order valence-corrected chi connectivity index (χ3v) is 4.63. The van der Waals surface area contributed by atoms with Crippen LogP contribution in [0.1, 0.15) is 44.2 Å². The molecule has 1 amide bonds. The minimum Gasteiger partial charge on any atom is -0.496 e. The van der Waals surface area contributed by atoms with E-state index in [2.05, 4.69) is 0 Å². The Labute approximate surface area is 146 Å². The number of amides is 1. The van der Waals surface area contributed by atoms with Crippen molar-refractivity contribution in [2.24, 2.45) is 0 Å². The lowest BCUT2D eigenvalue weighted by molar-refractivity contribution is 0.0696. The molecule has 0 aromatic heterocycles. The maximum absolute atomic E-state index is 12.8. The van der Waals surface area contributed by atoms with E-state index in [1.807, 2.05) is 24.3 Å². The topological polar surface area (TPSA) is 66.8 Å². The second kappa shape index (κ2) is 6.97. The van der Waals surface area contributed by atoms with Crippen LogP contribution in [0.5, 0.6) is 5.75 Å². The second-order valence-electron chi connectivity index (χ2n) is 6.37. The molecule has 3 rings (SSSR count). The molecule has 2 aromatic carbocycles. The number of aromatic carboxylic acids is 1. The summed E-state index contributed by atoms with van der Waals surface area (Å²) in [6.07, 6.45) is 0.865. The van der Waals surface area contributed by atoms with E-state index in [4.69, 9.17) is 4.74 Å². The number of ether oxygens (including phenoxy) is 1. The third kappa shape index (κ3) is 3.50. The highest BCUT2D eigenvalue weighted by molar-refractivity contribution is 5.98. The summed E-state index contributed by atoms with van der Waals surface area (Å²) in [4.78, 5) is 25.8. The summed E-state index contributed by atoms with van der Waals surface area (Å²) in [7, 11) is 1.65. The van der Waals surface area contributed by atoms with Crippen molar-refractivity contribution in [3.8, 4) is 5.75 Å². The number of carbonyl (C=O) groups excluding carboxylic acids is 1. The Kier molecular flexibility index (Phi) is 4.74. The van der Waals surface area contributed by atoms with Gasteiger partial charge in [0, 0.05) is 24.6 Å². The standard InChI is InChI=1S/C20H21NO4/c1-13-9-15(11-16(10-13)20(23)24)19(22)21-8-7-14(12-21)17-5-3-4-6-18(17)25-2/h3-6,9-11,14H,7-8,12H2,1-2H3,(H,23,24). The molecule has 1 saturated heterocycles. The first-order chi connectivity index (χ1) is 12.0. The van der Waals surface area contributed by atoms with Gasteiger partial charge in [0.15, 0.2) is 0 Å². The van der Waals surface area contributed by atoms with Gasteiger partial charge in [-0.05, 0) is 48.7 Å². The largest absolute Gasteiger partial charge is 0.496 e. The van der Waals surface area contributed by atoms with Gasteiger partial charge >= 0.3 is 5.97 Å². The molecule has 1 fully saturated rings. The third-order valence-electron chi connectivity index (χ3n) is 4.63. The minimum absolute atomic E-state index is 0.122. The quantitative estimate of drug-likeness (QED) is 0.928. The number of benzene rings is 2. The molecule has 1 aliphatic rings. The normalized spacial score (nSPS) is 16.7. The smallest absolute Gasteiger partial charge is 0.335 e. The molecule has 1 atom stereocenters. The van der Waals surface area contributed by atoms with E-state index in [0.29, 0.717) is 18.7 Å². The highest BCUT2D eigenvalue weighted by Gasteiger charge is 2.29. The SMILES string of the molecule is COc1ccccc1C1CCN(C(=O)c2cc(C)cc(C(=O)O)c2)C1. The van der Waals surface area contributed by atoms with Crippen LogP contribution in [0.3, 0.4) is 0 Å². The molecule has 0 radical (unpaired) electrons. The van der Waals surface area contributed by atoms with E-state index >= 15 is 0 Å². The number of para-hydroxylation sites is 1. The zero-order valence-corrected chi connectivity index (χ0v) is 14.4. The maximum atomic E-state index is 12.8. The lowest BCUT2D eigenvalue weighted by Gasteiger charge is -2.18. The number of carboxylic acid groups (broad SMARTS) is 1. The minimum atomic E-state index is -1.02. The summed E-state index contributed by atoms with van der Waals surface area (Å²) < 4.78 is 5.43. The Hall–Kier alpha value is -2.82. The lowest BCUT2D eigenvalue weighted by Crippen LogP contribution is -2.28. The Morgan fingerprint density at radius 1 is 1.16 bits per heavy atom. The van der Waals surface area contributed by atoms with E-state index in [0.717, 1.165) is 23.3 Å². The van der Waals surface area contributed by atoms with Crippen molar-refractivity contribution in [3.63, 3.8) is 0 Å². The Balaban J connectivity index is 1.80. The van der Waals surface area contributed by atoms with Gasteiger partial charge in [-0.25, -0.2) is 4.79 Å². The van der Waals surface area contributed by atoms with Gasteiger partial charge in [-0.1, -0.05) is 18.2 Å². The fourth-order valence-corrected chi connectivity index (χ4v) is 3.41. The number of hydrogen-bond acceptors (Lipinski definition) is 3. The molecule has 2 aromatic rings. The molecule has 25 heavy (non-hydrogen) atoms. The number of hydrogen-bond donors (Lipinski definition) is 1. The number of methoxy groups -OCH3 is 1. The van der Waals surface area contributed by atoms with Crippen LogP contribution in [0.4, 0.5) is 0 Å². The van der Waals surface area contributed by atoms with Crippen molar-refractivity contribution in [3.05, 3.63) is 64.7 Å². The molecule has 1 heterocycles. The van der Waals surface area contributed by atoms with Crippen molar-refractivity contribution in [2.45, 2.75) is 19.3 Å². The van der Waals surface area contributed by atoms with Gasteiger partial charge in [-0.15, -0.1) is 0 Å². The number of nitrogens with zero attached hydrogens (tertiary/aromatic N) is 1. The molecule has 5 nitrogen and oxygen atoms in total. The monoisotopic (exact) mass is 339 g/mol. The van der Waals surface area contributed by atoms with Crippen molar-refractivity contribution < 1.29 is 19.4 Å². The zero-order valence-electron chi connectivity index (χ0n) is 14.4. The van der Waals surface area contributed by atoms with Crippen LogP contribution in [0.15, 0.2) is 42.5 Å². The van der Waals surface area contributed by atoms with Gasteiger partial charge in [0.1, 0.15) is 5.75 Å². The second-order valence-corrected chi connectivity index (χ2v) is 6.37. The van der Waals surface area contributed by atoms with Crippen LogP contribution in [-0.4, -0.2) is 42.1 Å². The van der Waals surface area contributed by atoms with Crippen LogP contribution in [0, 0.1) is 6.92 Å². The maximum Gasteiger partial charge on any atom is 0.335 e. The molecule has 5 heteroatoms. The fourth-order valence-electron chi connectivity index (χ4n) is 3.41. The summed E-state index contributed by atoms with van der Waals surface area (Å²) in [6, 6.07) is 12.6. The molecule has 0 aliphatic carbocycles. The van der Waals surface area contributed by atoms with E-state index < -0.39 is 5.97 Å². The number of carboxylic acids is 1. The van der Waals surface area contributed by atoms with Crippen molar-refractivity contribution in [1.29, 1.82) is 0 Å². The molecular weight excluding hydrogens is 318 g/mol. The van der Waals surface area contributed by atoms with Crippen LogP contribution < -0.4 is 4.74 Å². The first-order valence-electron chi connectivity index (χ1n) is 8.26. The van der Waals surface area contributed by atoms with E-state index in [9.17, 15) is 14.7 Å². The van der Waals surface area contributed by atoms with E-state index in [1.165, 1.54) is 6.07 Å². The Morgan fingerprint density at radius 2 is 1.88 bits per heavy atom. The van der Waals surface area contributed by atoms with Crippen LogP contribution in [0.25, 0.3) is 0 Å². The van der Waals surface area contributed by atoms with Crippen molar-refractivity contribution >= 4 is 11.9 Å². The highest BCUT2D eigenvalue weighted by atomic mass is 16.5. The molecule has 1 aliphatic heterocycles. The van der Waals surface area contributed by atoms with E-state index in [1.54, 1.807) is 31.1 Å². The van der Waals surface area contributed by atoms with Gasteiger partial charge in [0.2, 0.25) is 0 Å². The molecule has 0 spiro atoms. The fraction of sp³-hybridized carbons (Fsp3) is 0.300. The van der Waals surface area contributed by atoms with Gasteiger partial charge in [-0.2, -0.15) is 0 Å². The molecule has 130 valence electrons. The number of rotatable bonds is 4. The van der Waals surface area contributed by atoms with Gasteiger partial charge in [0.05, 0.1) is 12.7 Å². The Morgan fingerprint density at radius 3 is 2.60 bits per heavy atom. The van der Waals surface area contributed by atoms with Crippen molar-refractivity contribution in [2.75, 3.05) is 20.2 Å². The van der Waals surface area contributed by atoms with Gasteiger partial charge in [-0.3, -0.25) is 4.79 Å². The first-order valence-corrected chi connectivity index (χ1v) is 8.26.